The van der Waals surface area contributed by atoms with Crippen molar-refractivity contribution >= 4 is 22.7 Å². The summed E-state index contributed by atoms with van der Waals surface area (Å²) in [5, 5.41) is 3.67. The molecule has 0 radical (unpaired) electrons. The SMILES string of the molecule is NC(=O)C(NC(=O)Cc1cccc2cccnc12)c1ccccc1. The molecule has 1 heterocycles. The van der Waals surface area contributed by atoms with Crippen LogP contribution in [0.4, 0.5) is 0 Å². The molecule has 1 aromatic heterocycles. The molecule has 3 aromatic rings. The number of hydrogen-bond donors (Lipinski definition) is 2. The van der Waals surface area contributed by atoms with Gasteiger partial charge in [0.15, 0.2) is 0 Å². The van der Waals surface area contributed by atoms with Crippen molar-refractivity contribution in [1.29, 1.82) is 0 Å². The predicted octanol–water partition coefficient (Wildman–Crippen LogP) is 2.12. The molecule has 0 saturated carbocycles. The summed E-state index contributed by atoms with van der Waals surface area (Å²) in [6.07, 6.45) is 1.82. The quantitative estimate of drug-likeness (QED) is 0.755. The van der Waals surface area contributed by atoms with Gasteiger partial charge in [-0.1, -0.05) is 54.6 Å². The second kappa shape index (κ2) is 6.91. The summed E-state index contributed by atoms with van der Waals surface area (Å²) in [5.74, 6) is -0.869. The molecule has 5 heteroatoms. The second-order valence-corrected chi connectivity index (χ2v) is 5.48. The molecule has 0 bridgehead atoms. The molecular weight excluding hydrogens is 302 g/mol. The number of nitrogens with two attached hydrogens (primary N) is 1. The van der Waals surface area contributed by atoms with Gasteiger partial charge in [0.2, 0.25) is 11.8 Å². The number of aromatic nitrogens is 1. The molecule has 2 amide bonds. The van der Waals surface area contributed by atoms with Crippen molar-refractivity contribution in [3.05, 3.63) is 78.0 Å². The lowest BCUT2D eigenvalue weighted by Gasteiger charge is -2.16. The largest absolute Gasteiger partial charge is 0.368 e. The Kier molecular flexibility index (Phi) is 4.52. The summed E-state index contributed by atoms with van der Waals surface area (Å²) in [6.45, 7) is 0. The van der Waals surface area contributed by atoms with Crippen molar-refractivity contribution in [3.8, 4) is 0 Å². The van der Waals surface area contributed by atoms with Gasteiger partial charge in [0.25, 0.3) is 0 Å². The van der Waals surface area contributed by atoms with E-state index in [2.05, 4.69) is 10.3 Å². The maximum Gasteiger partial charge on any atom is 0.244 e. The minimum Gasteiger partial charge on any atom is -0.368 e. The molecule has 0 aliphatic heterocycles. The van der Waals surface area contributed by atoms with Gasteiger partial charge in [-0.2, -0.15) is 0 Å². The summed E-state index contributed by atoms with van der Waals surface area (Å²) in [4.78, 5) is 28.4. The van der Waals surface area contributed by atoms with Crippen LogP contribution in [0.2, 0.25) is 0 Å². The van der Waals surface area contributed by atoms with Crippen LogP contribution >= 0.6 is 0 Å². The zero-order valence-electron chi connectivity index (χ0n) is 13.0. The minimum absolute atomic E-state index is 0.130. The number of fused-ring (bicyclic) bond motifs is 1. The van der Waals surface area contributed by atoms with E-state index >= 15 is 0 Å². The monoisotopic (exact) mass is 319 g/mol. The Hall–Kier alpha value is -3.21. The van der Waals surface area contributed by atoms with E-state index in [0.717, 1.165) is 16.5 Å². The molecule has 0 aliphatic rings. The summed E-state index contributed by atoms with van der Waals surface area (Å²) in [6, 6.07) is 17.6. The third kappa shape index (κ3) is 3.41. The number of rotatable bonds is 5. The highest BCUT2D eigenvalue weighted by Gasteiger charge is 2.20. The van der Waals surface area contributed by atoms with Gasteiger partial charge >= 0.3 is 0 Å². The third-order valence-electron chi connectivity index (χ3n) is 3.79. The molecule has 120 valence electrons. The van der Waals surface area contributed by atoms with Crippen LogP contribution in [0.15, 0.2) is 66.9 Å². The molecule has 1 unspecified atom stereocenters. The van der Waals surface area contributed by atoms with Crippen LogP contribution in [0.25, 0.3) is 10.9 Å². The van der Waals surface area contributed by atoms with E-state index in [0.29, 0.717) is 5.56 Å². The van der Waals surface area contributed by atoms with Crippen LogP contribution in [-0.2, 0) is 16.0 Å². The topological polar surface area (TPSA) is 85.1 Å². The standard InChI is InChI=1S/C19H17N3O2/c20-19(24)18(14-6-2-1-3-7-14)22-16(23)12-15-9-4-8-13-10-5-11-21-17(13)15/h1-11,18H,12H2,(H2,20,24)(H,22,23). The zero-order valence-corrected chi connectivity index (χ0v) is 13.0. The molecule has 5 nitrogen and oxygen atoms in total. The smallest absolute Gasteiger partial charge is 0.244 e. The summed E-state index contributed by atoms with van der Waals surface area (Å²) in [7, 11) is 0. The average molecular weight is 319 g/mol. The highest BCUT2D eigenvalue weighted by Crippen LogP contribution is 2.17. The van der Waals surface area contributed by atoms with Crippen LogP contribution in [0.1, 0.15) is 17.2 Å². The number of nitrogens with zero attached hydrogens (tertiary/aromatic N) is 1. The highest BCUT2D eigenvalue weighted by molar-refractivity contribution is 5.91. The minimum atomic E-state index is -0.846. The lowest BCUT2D eigenvalue weighted by molar-refractivity contribution is -0.127. The van der Waals surface area contributed by atoms with Crippen molar-refractivity contribution < 1.29 is 9.59 Å². The van der Waals surface area contributed by atoms with E-state index in [-0.39, 0.29) is 12.3 Å². The first-order valence-electron chi connectivity index (χ1n) is 7.61. The Bertz CT molecular complexity index is 873. The van der Waals surface area contributed by atoms with Gasteiger partial charge in [0.1, 0.15) is 6.04 Å². The van der Waals surface area contributed by atoms with E-state index in [1.54, 1.807) is 30.5 Å². The fraction of sp³-hybridized carbons (Fsp3) is 0.105. The molecule has 0 fully saturated rings. The van der Waals surface area contributed by atoms with Crippen molar-refractivity contribution in [2.45, 2.75) is 12.5 Å². The number of carbonyl (C=O) groups excluding carboxylic acids is 2. The first kappa shape index (κ1) is 15.7. The molecule has 3 N–H and O–H groups in total. The maximum atomic E-state index is 12.4. The van der Waals surface area contributed by atoms with Gasteiger partial charge < -0.3 is 11.1 Å². The molecule has 0 saturated heterocycles. The van der Waals surface area contributed by atoms with Gasteiger partial charge in [0, 0.05) is 11.6 Å². The van der Waals surface area contributed by atoms with Crippen LogP contribution in [0, 0.1) is 0 Å². The van der Waals surface area contributed by atoms with Gasteiger partial charge in [0.05, 0.1) is 11.9 Å². The van der Waals surface area contributed by atoms with E-state index in [1.807, 2.05) is 36.4 Å². The molecule has 0 spiro atoms. The average Bonchev–Trinajstić information content (AvgIpc) is 2.60. The summed E-state index contributed by atoms with van der Waals surface area (Å²) < 4.78 is 0. The van der Waals surface area contributed by atoms with Gasteiger partial charge in [-0.25, -0.2) is 0 Å². The number of nitrogens with one attached hydrogen (secondary N) is 1. The van der Waals surface area contributed by atoms with Crippen molar-refractivity contribution in [2.75, 3.05) is 0 Å². The lowest BCUT2D eigenvalue weighted by atomic mass is 10.0. The van der Waals surface area contributed by atoms with Crippen LogP contribution in [0.5, 0.6) is 0 Å². The molecule has 0 aliphatic carbocycles. The number of hydrogen-bond acceptors (Lipinski definition) is 3. The van der Waals surface area contributed by atoms with Crippen molar-refractivity contribution in [2.24, 2.45) is 5.73 Å². The Labute approximate surface area is 139 Å². The molecule has 1 atom stereocenters. The number of benzene rings is 2. The van der Waals surface area contributed by atoms with Crippen molar-refractivity contribution in [3.63, 3.8) is 0 Å². The van der Waals surface area contributed by atoms with Gasteiger partial charge in [-0.3, -0.25) is 14.6 Å². The molecular formula is C19H17N3O2. The Morgan fingerprint density at radius 2 is 1.75 bits per heavy atom. The number of para-hydroxylation sites is 1. The Morgan fingerprint density at radius 1 is 1.00 bits per heavy atom. The maximum absolute atomic E-state index is 12.4. The first-order chi connectivity index (χ1) is 11.6. The van der Waals surface area contributed by atoms with Crippen LogP contribution in [-0.4, -0.2) is 16.8 Å². The summed E-state index contributed by atoms with van der Waals surface area (Å²) >= 11 is 0. The number of pyridine rings is 1. The van der Waals surface area contributed by atoms with E-state index in [1.165, 1.54) is 0 Å². The van der Waals surface area contributed by atoms with Crippen LogP contribution in [0.3, 0.4) is 0 Å². The fourth-order valence-corrected chi connectivity index (χ4v) is 2.66. The predicted molar refractivity (Wildman–Crippen MR) is 92.0 cm³/mol. The van der Waals surface area contributed by atoms with Gasteiger partial charge in [-0.05, 0) is 17.2 Å². The second-order valence-electron chi connectivity index (χ2n) is 5.48. The van der Waals surface area contributed by atoms with E-state index in [9.17, 15) is 9.59 Å². The normalized spacial score (nSPS) is 11.8. The highest BCUT2D eigenvalue weighted by atomic mass is 16.2. The van der Waals surface area contributed by atoms with Gasteiger partial charge in [-0.15, -0.1) is 0 Å². The number of carbonyl (C=O) groups is 2. The van der Waals surface area contributed by atoms with E-state index in [4.69, 9.17) is 5.73 Å². The molecule has 3 rings (SSSR count). The lowest BCUT2D eigenvalue weighted by Crippen LogP contribution is -2.38. The Balaban J connectivity index is 1.80. The first-order valence-corrected chi connectivity index (χ1v) is 7.61. The molecule has 24 heavy (non-hydrogen) atoms. The van der Waals surface area contributed by atoms with Crippen molar-refractivity contribution in [1.82, 2.24) is 10.3 Å². The third-order valence-corrected chi connectivity index (χ3v) is 3.79. The zero-order chi connectivity index (χ0) is 16.9. The number of primary amides is 1. The Morgan fingerprint density at radius 3 is 2.50 bits per heavy atom. The molecule has 2 aromatic carbocycles. The fourth-order valence-electron chi connectivity index (χ4n) is 2.66. The van der Waals surface area contributed by atoms with Crippen LogP contribution < -0.4 is 11.1 Å². The summed E-state index contributed by atoms with van der Waals surface area (Å²) in [5.41, 5.74) is 7.69. The number of amides is 2. The van der Waals surface area contributed by atoms with E-state index < -0.39 is 11.9 Å².